The van der Waals surface area contributed by atoms with E-state index in [-0.39, 0.29) is 0 Å². The first-order chi connectivity index (χ1) is 11.3. The van der Waals surface area contributed by atoms with Gasteiger partial charge in [0.05, 0.1) is 5.71 Å². The first-order valence-electron chi connectivity index (χ1n) is 8.66. The fraction of sp³-hybridized carbons (Fsp3) is 0.400. The second kappa shape index (κ2) is 9.78. The molecular weight excluding hydrogens is 282 g/mol. The summed E-state index contributed by atoms with van der Waals surface area (Å²) in [6, 6.07) is 13.7. The van der Waals surface area contributed by atoms with Crippen LogP contribution in [0.5, 0.6) is 0 Å². The first-order valence-corrected chi connectivity index (χ1v) is 8.66. The van der Waals surface area contributed by atoms with Crippen LogP contribution in [-0.4, -0.2) is 17.2 Å². The fourth-order valence-electron chi connectivity index (χ4n) is 2.62. The van der Waals surface area contributed by atoms with Crippen LogP contribution in [-0.2, 0) is 0 Å². The molecule has 0 amide bonds. The molecule has 2 aromatic rings. The molecule has 2 N–H and O–H groups in total. The molecule has 1 heterocycles. The lowest BCUT2D eigenvalue weighted by Crippen LogP contribution is -2.10. The van der Waals surface area contributed by atoms with Crippen molar-refractivity contribution in [2.24, 2.45) is 0 Å². The fourth-order valence-corrected chi connectivity index (χ4v) is 2.62. The Hall–Kier alpha value is -2.16. The first kappa shape index (κ1) is 17.2. The molecule has 122 valence electrons. The molecule has 23 heavy (non-hydrogen) atoms. The number of hydrogen-bond donors (Lipinski definition) is 2. The second-order valence-corrected chi connectivity index (χ2v) is 5.84. The lowest BCUT2D eigenvalue weighted by atomic mass is 10.0. The minimum Gasteiger partial charge on any atom is -0.370 e. The van der Waals surface area contributed by atoms with Gasteiger partial charge in [-0.25, -0.2) is 4.98 Å². The lowest BCUT2D eigenvalue weighted by molar-refractivity contribution is 0.617. The van der Waals surface area contributed by atoms with Gasteiger partial charge < -0.3 is 5.32 Å². The highest BCUT2D eigenvalue weighted by atomic mass is 15.0. The molecule has 2 rings (SSSR count). The van der Waals surface area contributed by atoms with Crippen molar-refractivity contribution in [3.05, 3.63) is 59.8 Å². The summed E-state index contributed by atoms with van der Waals surface area (Å²) in [5.74, 6) is 0.815. The van der Waals surface area contributed by atoms with Crippen molar-refractivity contribution < 1.29 is 0 Å². The third kappa shape index (κ3) is 5.51. The van der Waals surface area contributed by atoms with E-state index in [1.54, 1.807) is 6.20 Å². The second-order valence-electron chi connectivity index (χ2n) is 5.84. The highest BCUT2D eigenvalue weighted by molar-refractivity contribution is 6.13. The smallest absolute Gasteiger partial charge is 0.135 e. The molecule has 0 radical (unpaired) electrons. The van der Waals surface area contributed by atoms with Gasteiger partial charge >= 0.3 is 0 Å². The van der Waals surface area contributed by atoms with Crippen molar-refractivity contribution in [2.75, 3.05) is 11.9 Å². The van der Waals surface area contributed by atoms with E-state index in [1.165, 1.54) is 32.1 Å². The average molecular weight is 309 g/mol. The van der Waals surface area contributed by atoms with Crippen molar-refractivity contribution in [1.29, 1.82) is 5.41 Å². The minimum atomic E-state index is 0.518. The minimum absolute atomic E-state index is 0.518. The molecule has 0 saturated carbocycles. The number of pyridine rings is 1. The summed E-state index contributed by atoms with van der Waals surface area (Å²) in [6.45, 7) is 3.16. The van der Waals surface area contributed by atoms with Gasteiger partial charge in [-0.05, 0) is 18.6 Å². The van der Waals surface area contributed by atoms with Crippen LogP contribution >= 0.6 is 0 Å². The van der Waals surface area contributed by atoms with Crippen LogP contribution in [0.25, 0.3) is 0 Å². The maximum Gasteiger partial charge on any atom is 0.135 e. The summed E-state index contributed by atoms with van der Waals surface area (Å²) >= 11 is 0. The Morgan fingerprint density at radius 2 is 1.70 bits per heavy atom. The van der Waals surface area contributed by atoms with Gasteiger partial charge in [-0.1, -0.05) is 69.4 Å². The van der Waals surface area contributed by atoms with Gasteiger partial charge in [0.1, 0.15) is 5.82 Å². The number of aromatic nitrogens is 1. The quantitative estimate of drug-likeness (QED) is 0.464. The van der Waals surface area contributed by atoms with Crippen LogP contribution in [0.15, 0.2) is 48.7 Å². The molecule has 0 aliphatic carbocycles. The Balaban J connectivity index is 1.89. The van der Waals surface area contributed by atoms with Crippen molar-refractivity contribution >= 4 is 11.5 Å². The predicted molar refractivity (Wildman–Crippen MR) is 98.5 cm³/mol. The molecule has 3 nitrogen and oxygen atoms in total. The summed E-state index contributed by atoms with van der Waals surface area (Å²) in [7, 11) is 0. The van der Waals surface area contributed by atoms with Crippen LogP contribution < -0.4 is 5.32 Å². The Morgan fingerprint density at radius 3 is 2.48 bits per heavy atom. The molecule has 0 fully saturated rings. The number of benzene rings is 1. The zero-order chi connectivity index (χ0) is 16.3. The lowest BCUT2D eigenvalue weighted by Gasteiger charge is -2.12. The molecule has 1 aromatic carbocycles. The third-order valence-corrected chi connectivity index (χ3v) is 3.96. The van der Waals surface area contributed by atoms with E-state index in [2.05, 4.69) is 17.2 Å². The van der Waals surface area contributed by atoms with Gasteiger partial charge in [-0.2, -0.15) is 0 Å². The number of unbranched alkanes of at least 4 members (excludes halogenated alkanes) is 5. The zero-order valence-electron chi connectivity index (χ0n) is 14.0. The number of nitrogens with zero attached hydrogens (tertiary/aromatic N) is 1. The predicted octanol–water partition coefficient (Wildman–Crippen LogP) is 5.27. The average Bonchev–Trinajstić information content (AvgIpc) is 2.61. The van der Waals surface area contributed by atoms with Crippen molar-refractivity contribution in [3.63, 3.8) is 0 Å². The standard InChI is InChI=1S/C20H27N3/c1-2-3-4-5-6-10-15-22-20-18(14-11-16-23-20)19(21)17-12-8-7-9-13-17/h7-9,11-14,16,21H,2-6,10,15H2,1H3,(H,22,23). The SMILES string of the molecule is CCCCCCCCNc1ncccc1C(=N)c1ccccc1. The monoisotopic (exact) mass is 309 g/mol. The van der Waals surface area contributed by atoms with E-state index >= 15 is 0 Å². The van der Waals surface area contributed by atoms with Gasteiger partial charge in [0, 0.05) is 23.9 Å². The molecule has 0 unspecified atom stereocenters. The maximum atomic E-state index is 8.42. The number of rotatable bonds is 10. The molecule has 0 saturated heterocycles. The van der Waals surface area contributed by atoms with Crippen LogP contribution in [0.3, 0.4) is 0 Å². The van der Waals surface area contributed by atoms with Gasteiger partial charge in [-0.15, -0.1) is 0 Å². The Morgan fingerprint density at radius 1 is 0.957 bits per heavy atom. The number of nitrogens with one attached hydrogen (secondary N) is 2. The molecular formula is C20H27N3. The molecule has 3 heteroatoms. The highest BCUT2D eigenvalue weighted by Gasteiger charge is 2.10. The summed E-state index contributed by atoms with van der Waals surface area (Å²) in [6.07, 6.45) is 9.46. The molecule has 0 aliphatic heterocycles. The topological polar surface area (TPSA) is 48.8 Å². The highest BCUT2D eigenvalue weighted by Crippen LogP contribution is 2.17. The van der Waals surface area contributed by atoms with E-state index in [1.807, 2.05) is 42.5 Å². The molecule has 0 aliphatic rings. The normalized spacial score (nSPS) is 10.5. The summed E-state index contributed by atoms with van der Waals surface area (Å²) < 4.78 is 0. The van der Waals surface area contributed by atoms with Crippen LogP contribution in [0.1, 0.15) is 56.6 Å². The van der Waals surface area contributed by atoms with Crippen LogP contribution in [0.2, 0.25) is 0 Å². The summed E-state index contributed by atoms with van der Waals surface area (Å²) in [4.78, 5) is 4.42. The van der Waals surface area contributed by atoms with Crippen molar-refractivity contribution in [2.45, 2.75) is 45.4 Å². The molecule has 0 atom stereocenters. The molecule has 0 bridgehead atoms. The van der Waals surface area contributed by atoms with Crippen LogP contribution in [0.4, 0.5) is 5.82 Å². The molecule has 0 spiro atoms. The summed E-state index contributed by atoms with van der Waals surface area (Å²) in [5.41, 5.74) is 2.30. The van der Waals surface area contributed by atoms with E-state index in [4.69, 9.17) is 5.41 Å². The third-order valence-electron chi connectivity index (χ3n) is 3.96. The zero-order valence-corrected chi connectivity index (χ0v) is 14.0. The van der Waals surface area contributed by atoms with E-state index in [0.29, 0.717) is 5.71 Å². The Bertz CT molecular complexity index is 593. The van der Waals surface area contributed by atoms with E-state index in [9.17, 15) is 0 Å². The van der Waals surface area contributed by atoms with Crippen molar-refractivity contribution in [3.8, 4) is 0 Å². The van der Waals surface area contributed by atoms with Crippen molar-refractivity contribution in [1.82, 2.24) is 4.98 Å². The van der Waals surface area contributed by atoms with E-state index < -0.39 is 0 Å². The largest absolute Gasteiger partial charge is 0.370 e. The number of anilines is 1. The molecule has 1 aromatic heterocycles. The van der Waals surface area contributed by atoms with Gasteiger partial charge in [0.2, 0.25) is 0 Å². The van der Waals surface area contributed by atoms with Gasteiger partial charge in [0.15, 0.2) is 0 Å². The summed E-state index contributed by atoms with van der Waals surface area (Å²) in [5, 5.41) is 11.8. The Kier molecular flexibility index (Phi) is 7.31. The number of hydrogen-bond acceptors (Lipinski definition) is 3. The Labute approximate surface area is 139 Å². The van der Waals surface area contributed by atoms with Crippen LogP contribution in [0, 0.1) is 5.41 Å². The van der Waals surface area contributed by atoms with Gasteiger partial charge in [-0.3, -0.25) is 5.41 Å². The van der Waals surface area contributed by atoms with Gasteiger partial charge in [0.25, 0.3) is 0 Å². The van der Waals surface area contributed by atoms with E-state index in [0.717, 1.165) is 29.9 Å². The maximum absolute atomic E-state index is 8.42.